The van der Waals surface area contributed by atoms with Crippen LogP contribution < -0.4 is 15.6 Å². The molecule has 1 aliphatic rings. The number of carbonyl (C=O) groups is 4. The largest absolute Gasteiger partial charge is 0.493 e. The molecule has 3 aromatic rings. The van der Waals surface area contributed by atoms with Crippen LogP contribution in [0.1, 0.15) is 39.4 Å². The number of carbonyl (C=O) groups excluding carboxylic acids is 4. The monoisotopic (exact) mass is 508 g/mol. The topological polar surface area (TPSA) is 140 Å². The van der Waals surface area contributed by atoms with Gasteiger partial charge in [0.2, 0.25) is 0 Å². The van der Waals surface area contributed by atoms with E-state index in [0.717, 1.165) is 0 Å². The molecule has 0 spiro atoms. The van der Waals surface area contributed by atoms with E-state index in [4.69, 9.17) is 4.74 Å². The minimum atomic E-state index is -0.439. The van der Waals surface area contributed by atoms with E-state index in [1.54, 1.807) is 42.2 Å². The lowest BCUT2D eigenvalue weighted by molar-refractivity contribution is -0.144. The number of rotatable bonds is 9. The Bertz CT molecular complexity index is 1390. The number of likely N-dealkylation sites (tertiary alicyclic amines) is 1. The summed E-state index contributed by atoms with van der Waals surface area (Å²) in [6.07, 6.45) is 1.04. The number of fused-ring (bicyclic) bond motifs is 1. The van der Waals surface area contributed by atoms with Gasteiger partial charge in [0.1, 0.15) is 11.1 Å². The first kappa shape index (κ1) is 25.7. The van der Waals surface area contributed by atoms with Crippen molar-refractivity contribution in [2.24, 2.45) is 0 Å². The number of benzene rings is 1. The van der Waals surface area contributed by atoms with E-state index in [2.05, 4.69) is 15.0 Å². The number of pyridine rings is 1. The number of piperidine rings is 1. The number of H-pyrrole nitrogens is 1. The Hall–Kier alpha value is -4.41. The molecule has 2 aromatic heterocycles. The molecule has 0 aliphatic carbocycles. The Labute approximate surface area is 212 Å². The number of methoxy groups -OCH3 is 1. The van der Waals surface area contributed by atoms with Crippen LogP contribution in [-0.4, -0.2) is 71.4 Å². The van der Waals surface area contributed by atoms with Crippen LogP contribution in [0.3, 0.4) is 0 Å². The predicted molar refractivity (Wildman–Crippen MR) is 134 cm³/mol. The average Bonchev–Trinajstić information content (AvgIpc) is 3.29. The lowest BCUT2D eigenvalue weighted by Gasteiger charge is -2.32. The second-order valence-corrected chi connectivity index (χ2v) is 8.82. The molecule has 0 unspecified atom stereocenters. The van der Waals surface area contributed by atoms with E-state index in [1.807, 2.05) is 6.07 Å². The maximum Gasteiger partial charge on any atom is 0.293 e. The van der Waals surface area contributed by atoms with Gasteiger partial charge in [0.05, 0.1) is 19.2 Å². The highest BCUT2D eigenvalue weighted by atomic mass is 16.5. The number of nitrogens with zero attached hydrogens (tertiary/aromatic N) is 2. The third-order valence-electron chi connectivity index (χ3n) is 6.51. The van der Waals surface area contributed by atoms with Gasteiger partial charge in [-0.1, -0.05) is 30.3 Å². The van der Waals surface area contributed by atoms with E-state index in [9.17, 15) is 24.0 Å². The zero-order valence-electron chi connectivity index (χ0n) is 20.6. The Balaban J connectivity index is 1.53. The number of nitrogens with one attached hydrogen (secondary N) is 2. The molecular formula is C26H28N4O7. The van der Waals surface area contributed by atoms with Gasteiger partial charge < -0.3 is 29.2 Å². The number of hydrogen-bond donors (Lipinski definition) is 2. The number of aromatic amines is 1. The van der Waals surface area contributed by atoms with Crippen LogP contribution in [0.4, 0.5) is 0 Å². The van der Waals surface area contributed by atoms with E-state index in [1.165, 1.54) is 11.7 Å². The van der Waals surface area contributed by atoms with Crippen molar-refractivity contribution in [2.75, 3.05) is 26.8 Å². The van der Waals surface area contributed by atoms with Crippen LogP contribution >= 0.6 is 0 Å². The molecule has 1 aromatic carbocycles. The minimum Gasteiger partial charge on any atom is -0.493 e. The van der Waals surface area contributed by atoms with Gasteiger partial charge in [-0.2, -0.15) is 0 Å². The fourth-order valence-corrected chi connectivity index (χ4v) is 4.55. The summed E-state index contributed by atoms with van der Waals surface area (Å²) in [6.45, 7) is 2.33. The van der Waals surface area contributed by atoms with Crippen LogP contribution in [0, 0.1) is 6.92 Å². The number of amides is 2. The maximum absolute atomic E-state index is 13.4. The summed E-state index contributed by atoms with van der Waals surface area (Å²) >= 11 is 0. The Kier molecular flexibility index (Phi) is 7.71. The molecule has 3 heterocycles. The van der Waals surface area contributed by atoms with Crippen molar-refractivity contribution >= 4 is 35.0 Å². The Morgan fingerprint density at radius 3 is 2.51 bits per heavy atom. The van der Waals surface area contributed by atoms with E-state index in [-0.39, 0.29) is 54.2 Å². The minimum absolute atomic E-state index is 0.108. The molecular weight excluding hydrogens is 480 g/mol. The summed E-state index contributed by atoms with van der Waals surface area (Å²) in [5.41, 5.74) is 1.17. The summed E-state index contributed by atoms with van der Waals surface area (Å²) in [6, 6.07) is 10.2. The molecule has 11 nitrogen and oxygen atoms in total. The summed E-state index contributed by atoms with van der Waals surface area (Å²) in [4.78, 5) is 66.2. The number of ketones is 1. The number of Topliss-reactive ketones (excluding diaryl/α,β-unsaturated/α-hetero) is 1. The maximum atomic E-state index is 13.4. The molecule has 0 bridgehead atoms. The molecule has 0 saturated carbocycles. The van der Waals surface area contributed by atoms with Gasteiger partial charge in [-0.3, -0.25) is 24.0 Å². The lowest BCUT2D eigenvalue weighted by atomic mass is 10.0. The molecule has 11 heteroatoms. The zero-order valence-corrected chi connectivity index (χ0v) is 20.6. The number of ether oxygens (including phenoxy) is 2. The highest BCUT2D eigenvalue weighted by molar-refractivity contribution is 6.03. The molecule has 0 atom stereocenters. The first-order valence-corrected chi connectivity index (χ1v) is 11.9. The smallest absolute Gasteiger partial charge is 0.293 e. The van der Waals surface area contributed by atoms with Gasteiger partial charge >= 0.3 is 0 Å². The van der Waals surface area contributed by atoms with Gasteiger partial charge in [0.25, 0.3) is 23.8 Å². The quantitative estimate of drug-likeness (QED) is 0.329. The summed E-state index contributed by atoms with van der Waals surface area (Å²) in [5.74, 6) is -0.824. The second-order valence-electron chi connectivity index (χ2n) is 8.82. The molecule has 1 saturated heterocycles. The Morgan fingerprint density at radius 1 is 1.16 bits per heavy atom. The van der Waals surface area contributed by atoms with Gasteiger partial charge in [-0.05, 0) is 25.8 Å². The highest BCUT2D eigenvalue weighted by Crippen LogP contribution is 2.28. The van der Waals surface area contributed by atoms with E-state index in [0.29, 0.717) is 42.7 Å². The average molecular weight is 509 g/mol. The van der Waals surface area contributed by atoms with Gasteiger partial charge in [0.15, 0.2) is 18.1 Å². The summed E-state index contributed by atoms with van der Waals surface area (Å²) < 4.78 is 11.4. The SMILES string of the molecule is COc1c(C(=O)NC2CCN(C(=O)COC=O)CC2)[nH]c2cc(C)n(CC(=O)c3ccccc3)c(=O)c12. The van der Waals surface area contributed by atoms with Crippen molar-refractivity contribution in [1.82, 2.24) is 19.8 Å². The van der Waals surface area contributed by atoms with Crippen LogP contribution in [0.25, 0.3) is 10.9 Å². The fraction of sp³-hybridized carbons (Fsp3) is 0.346. The third kappa shape index (κ3) is 5.40. The molecule has 4 rings (SSSR count). The van der Waals surface area contributed by atoms with Gasteiger partial charge in [-0.15, -0.1) is 0 Å². The normalized spacial score (nSPS) is 13.8. The van der Waals surface area contributed by atoms with Crippen LogP contribution in [0.5, 0.6) is 5.75 Å². The lowest BCUT2D eigenvalue weighted by Crippen LogP contribution is -2.47. The third-order valence-corrected chi connectivity index (χ3v) is 6.51. The number of hydrogen-bond acceptors (Lipinski definition) is 7. The molecule has 0 radical (unpaired) electrons. The van der Waals surface area contributed by atoms with Gasteiger partial charge in [-0.25, -0.2) is 0 Å². The standard InChI is InChI=1S/C26H28N4O7/c1-16-12-19-22(26(35)30(16)13-20(32)17-6-4-3-5-7-17)24(36-2)23(28-19)25(34)27-18-8-10-29(11-9-18)21(33)14-37-15-31/h3-7,12,15,18,28H,8-11,13-14H2,1-2H3,(H,27,34). The zero-order chi connectivity index (χ0) is 26.5. The first-order chi connectivity index (χ1) is 17.8. The molecule has 1 aliphatic heterocycles. The van der Waals surface area contributed by atoms with E-state index < -0.39 is 11.5 Å². The molecule has 2 N–H and O–H groups in total. The van der Waals surface area contributed by atoms with Crippen LogP contribution in [0.15, 0.2) is 41.2 Å². The second kappa shape index (κ2) is 11.1. The van der Waals surface area contributed by atoms with Crippen molar-refractivity contribution in [3.63, 3.8) is 0 Å². The molecule has 37 heavy (non-hydrogen) atoms. The molecule has 1 fully saturated rings. The number of aromatic nitrogens is 2. The van der Waals surface area contributed by atoms with Crippen LogP contribution in [-0.2, 0) is 20.9 Å². The molecule has 194 valence electrons. The van der Waals surface area contributed by atoms with Crippen LogP contribution in [0.2, 0.25) is 0 Å². The van der Waals surface area contributed by atoms with E-state index >= 15 is 0 Å². The van der Waals surface area contributed by atoms with Gasteiger partial charge in [0, 0.05) is 30.4 Å². The van der Waals surface area contributed by atoms with Crippen molar-refractivity contribution in [3.8, 4) is 5.75 Å². The van der Waals surface area contributed by atoms with Crippen molar-refractivity contribution < 1.29 is 28.7 Å². The first-order valence-electron chi connectivity index (χ1n) is 11.9. The summed E-state index contributed by atoms with van der Waals surface area (Å²) in [5, 5.41) is 3.13. The summed E-state index contributed by atoms with van der Waals surface area (Å²) in [7, 11) is 1.38. The van der Waals surface area contributed by atoms with Crippen molar-refractivity contribution in [2.45, 2.75) is 32.4 Å². The van der Waals surface area contributed by atoms with Crippen molar-refractivity contribution in [3.05, 3.63) is 63.7 Å². The van der Waals surface area contributed by atoms with Crippen molar-refractivity contribution in [1.29, 1.82) is 0 Å². The number of aryl methyl sites for hydroxylation is 1. The predicted octanol–water partition coefficient (Wildman–Crippen LogP) is 1.42. The molecule has 2 amide bonds. The highest BCUT2D eigenvalue weighted by Gasteiger charge is 2.28. The Morgan fingerprint density at radius 2 is 1.86 bits per heavy atom. The fourth-order valence-electron chi connectivity index (χ4n) is 4.55.